The summed E-state index contributed by atoms with van der Waals surface area (Å²) >= 11 is 0. The summed E-state index contributed by atoms with van der Waals surface area (Å²) in [6.45, 7) is 4.46. The van der Waals surface area contributed by atoms with E-state index < -0.39 is 0 Å². The van der Waals surface area contributed by atoms with Crippen LogP contribution in [0, 0.1) is 13.8 Å². The van der Waals surface area contributed by atoms with Crippen LogP contribution in [0.1, 0.15) is 17.1 Å². The topological polar surface area (TPSA) is 67.9 Å². The van der Waals surface area contributed by atoms with Crippen LogP contribution in [-0.4, -0.2) is 22.0 Å². The molecule has 18 heavy (non-hydrogen) atoms. The fraction of sp³-hybridized carbons (Fsp3) is 0.308. The first-order valence-electron chi connectivity index (χ1n) is 5.79. The van der Waals surface area contributed by atoms with E-state index in [1.165, 1.54) is 0 Å². The Labute approximate surface area is 107 Å². The van der Waals surface area contributed by atoms with Gasteiger partial charge in [0.1, 0.15) is 17.5 Å². The number of hydrogen-bond acceptors (Lipinski definition) is 5. The van der Waals surface area contributed by atoms with Gasteiger partial charge in [0.2, 0.25) is 0 Å². The molecule has 0 bridgehead atoms. The van der Waals surface area contributed by atoms with E-state index in [1.54, 1.807) is 6.20 Å². The first-order chi connectivity index (χ1) is 8.58. The zero-order valence-electron chi connectivity index (χ0n) is 10.9. The molecule has 2 N–H and O–H groups in total. The third-order valence-corrected chi connectivity index (χ3v) is 2.76. The summed E-state index contributed by atoms with van der Waals surface area (Å²) in [5.41, 5.74) is 7.76. The fourth-order valence-electron chi connectivity index (χ4n) is 1.82. The molecule has 0 saturated carbocycles. The summed E-state index contributed by atoms with van der Waals surface area (Å²) in [4.78, 5) is 14.9. The van der Waals surface area contributed by atoms with E-state index in [2.05, 4.69) is 15.0 Å². The molecular weight excluding hydrogens is 226 g/mol. The van der Waals surface area contributed by atoms with E-state index in [0.717, 1.165) is 17.1 Å². The number of anilines is 2. The Bertz CT molecular complexity index is 539. The van der Waals surface area contributed by atoms with Crippen molar-refractivity contribution in [2.75, 3.05) is 17.7 Å². The molecule has 0 aromatic carbocycles. The van der Waals surface area contributed by atoms with E-state index in [9.17, 15) is 0 Å². The molecule has 0 radical (unpaired) electrons. The van der Waals surface area contributed by atoms with Gasteiger partial charge in [-0.2, -0.15) is 0 Å². The minimum atomic E-state index is 0.533. The number of nitrogens with two attached hydrogens (primary N) is 1. The van der Waals surface area contributed by atoms with Gasteiger partial charge in [0.05, 0.1) is 12.2 Å². The van der Waals surface area contributed by atoms with E-state index in [0.29, 0.717) is 18.2 Å². The van der Waals surface area contributed by atoms with Gasteiger partial charge in [-0.1, -0.05) is 6.07 Å². The smallest absolute Gasteiger partial charge is 0.137 e. The van der Waals surface area contributed by atoms with Gasteiger partial charge in [-0.25, -0.2) is 9.97 Å². The Balaban J connectivity index is 2.26. The Hall–Kier alpha value is -2.17. The molecule has 2 rings (SSSR count). The molecule has 5 heteroatoms. The largest absolute Gasteiger partial charge is 0.383 e. The maximum Gasteiger partial charge on any atom is 0.137 e. The van der Waals surface area contributed by atoms with Crippen molar-refractivity contribution < 1.29 is 0 Å². The molecule has 2 aromatic rings. The van der Waals surface area contributed by atoms with Crippen LogP contribution in [-0.2, 0) is 6.54 Å². The van der Waals surface area contributed by atoms with Gasteiger partial charge in [0, 0.05) is 18.8 Å². The summed E-state index contributed by atoms with van der Waals surface area (Å²) < 4.78 is 0. The fourth-order valence-corrected chi connectivity index (χ4v) is 1.82. The molecule has 0 aliphatic heterocycles. The van der Waals surface area contributed by atoms with E-state index in [-0.39, 0.29) is 0 Å². The highest BCUT2D eigenvalue weighted by Gasteiger charge is 2.11. The van der Waals surface area contributed by atoms with Crippen LogP contribution in [0.2, 0.25) is 0 Å². The highest BCUT2D eigenvalue weighted by Crippen LogP contribution is 2.21. The van der Waals surface area contributed by atoms with Crippen molar-refractivity contribution >= 4 is 11.6 Å². The number of pyridine rings is 1. The Morgan fingerprint density at radius 3 is 2.67 bits per heavy atom. The Kier molecular flexibility index (Phi) is 3.41. The molecule has 0 atom stereocenters. The third-order valence-electron chi connectivity index (χ3n) is 2.76. The standard InChI is InChI=1S/C13H17N5/c1-9-12(14)16-10(2)17-13(9)18(3)8-11-6-4-5-7-15-11/h4-7H,8H2,1-3H3,(H2,14,16,17). The van der Waals surface area contributed by atoms with Gasteiger partial charge in [-0.05, 0) is 26.0 Å². The normalized spacial score (nSPS) is 10.4. The van der Waals surface area contributed by atoms with Crippen LogP contribution >= 0.6 is 0 Å². The maximum absolute atomic E-state index is 5.86. The molecule has 2 heterocycles. The van der Waals surface area contributed by atoms with E-state index in [1.807, 2.05) is 44.0 Å². The van der Waals surface area contributed by atoms with Crippen molar-refractivity contribution in [1.29, 1.82) is 0 Å². The van der Waals surface area contributed by atoms with Crippen LogP contribution in [0.5, 0.6) is 0 Å². The van der Waals surface area contributed by atoms with E-state index in [4.69, 9.17) is 5.73 Å². The molecule has 0 saturated heterocycles. The van der Waals surface area contributed by atoms with Gasteiger partial charge in [0.15, 0.2) is 0 Å². The average molecular weight is 243 g/mol. The minimum Gasteiger partial charge on any atom is -0.383 e. The second kappa shape index (κ2) is 5.00. The van der Waals surface area contributed by atoms with Crippen LogP contribution in [0.3, 0.4) is 0 Å². The monoisotopic (exact) mass is 243 g/mol. The number of rotatable bonds is 3. The molecule has 2 aromatic heterocycles. The summed E-state index contributed by atoms with van der Waals surface area (Å²) in [5.74, 6) is 2.07. The lowest BCUT2D eigenvalue weighted by Crippen LogP contribution is -2.21. The molecule has 0 aliphatic rings. The number of nitrogen functional groups attached to an aromatic ring is 1. The highest BCUT2D eigenvalue weighted by molar-refractivity contribution is 5.56. The zero-order valence-corrected chi connectivity index (χ0v) is 10.9. The van der Waals surface area contributed by atoms with Gasteiger partial charge in [0.25, 0.3) is 0 Å². The predicted octanol–water partition coefficient (Wildman–Crippen LogP) is 1.71. The van der Waals surface area contributed by atoms with Crippen LogP contribution < -0.4 is 10.6 Å². The lowest BCUT2D eigenvalue weighted by atomic mass is 10.2. The summed E-state index contributed by atoms with van der Waals surface area (Å²) in [5, 5.41) is 0. The molecule has 5 nitrogen and oxygen atoms in total. The van der Waals surface area contributed by atoms with Crippen LogP contribution in [0.4, 0.5) is 11.6 Å². The van der Waals surface area contributed by atoms with Gasteiger partial charge in [-0.15, -0.1) is 0 Å². The molecule has 0 aliphatic carbocycles. The molecule has 0 spiro atoms. The van der Waals surface area contributed by atoms with Crippen molar-refractivity contribution in [2.45, 2.75) is 20.4 Å². The lowest BCUT2D eigenvalue weighted by molar-refractivity contribution is 0.847. The predicted molar refractivity (Wildman–Crippen MR) is 72.3 cm³/mol. The van der Waals surface area contributed by atoms with Gasteiger partial charge < -0.3 is 10.6 Å². The molecule has 94 valence electrons. The molecule has 0 fully saturated rings. The van der Waals surface area contributed by atoms with Crippen molar-refractivity contribution in [3.05, 3.63) is 41.5 Å². The number of hydrogen-bond donors (Lipinski definition) is 1. The van der Waals surface area contributed by atoms with Crippen LogP contribution in [0.15, 0.2) is 24.4 Å². The SMILES string of the molecule is Cc1nc(N)c(C)c(N(C)Cc2ccccn2)n1. The molecule has 0 unspecified atom stereocenters. The van der Waals surface area contributed by atoms with Crippen molar-refractivity contribution in [3.8, 4) is 0 Å². The summed E-state index contributed by atoms with van der Waals surface area (Å²) in [6.07, 6.45) is 1.79. The lowest BCUT2D eigenvalue weighted by Gasteiger charge is -2.20. The first kappa shape index (κ1) is 12.3. The minimum absolute atomic E-state index is 0.533. The average Bonchev–Trinajstić information content (AvgIpc) is 2.35. The van der Waals surface area contributed by atoms with Gasteiger partial charge >= 0.3 is 0 Å². The van der Waals surface area contributed by atoms with Crippen LogP contribution in [0.25, 0.3) is 0 Å². The maximum atomic E-state index is 5.86. The quantitative estimate of drug-likeness (QED) is 0.888. The third kappa shape index (κ3) is 2.56. The first-order valence-corrected chi connectivity index (χ1v) is 5.79. The molecule has 0 amide bonds. The summed E-state index contributed by atoms with van der Waals surface area (Å²) in [7, 11) is 1.98. The van der Waals surface area contributed by atoms with E-state index >= 15 is 0 Å². The van der Waals surface area contributed by atoms with Crippen molar-refractivity contribution in [2.24, 2.45) is 0 Å². The molecular formula is C13H17N5. The highest BCUT2D eigenvalue weighted by atomic mass is 15.2. The second-order valence-corrected chi connectivity index (χ2v) is 4.28. The summed E-state index contributed by atoms with van der Waals surface area (Å²) in [6, 6.07) is 5.87. The van der Waals surface area contributed by atoms with Crippen molar-refractivity contribution in [3.63, 3.8) is 0 Å². The van der Waals surface area contributed by atoms with Gasteiger partial charge in [-0.3, -0.25) is 4.98 Å². The second-order valence-electron chi connectivity index (χ2n) is 4.28. The Morgan fingerprint density at radius 2 is 2.00 bits per heavy atom. The van der Waals surface area contributed by atoms with Crippen molar-refractivity contribution in [1.82, 2.24) is 15.0 Å². The number of aryl methyl sites for hydroxylation is 1. The number of aromatic nitrogens is 3. The number of nitrogens with zero attached hydrogens (tertiary/aromatic N) is 4. The Morgan fingerprint density at radius 1 is 1.22 bits per heavy atom. The zero-order chi connectivity index (χ0) is 13.1.